The second kappa shape index (κ2) is 4.28. The van der Waals surface area contributed by atoms with E-state index in [4.69, 9.17) is 9.26 Å². The van der Waals surface area contributed by atoms with Gasteiger partial charge in [-0.1, -0.05) is 5.16 Å². The average Bonchev–Trinajstić information content (AvgIpc) is 2.92. The number of thioether (sulfide) groups is 1. The van der Waals surface area contributed by atoms with Crippen molar-refractivity contribution in [3.63, 3.8) is 0 Å². The molecule has 5 nitrogen and oxygen atoms in total. The van der Waals surface area contributed by atoms with Crippen LogP contribution in [0.15, 0.2) is 10.6 Å². The Kier molecular flexibility index (Phi) is 2.86. The number of ether oxygens (including phenoxy) is 1. The monoisotopic (exact) mass is 268 g/mol. The first-order chi connectivity index (χ1) is 8.62. The number of aromatic nitrogens is 1. The number of aryl methyl sites for hydroxylation is 1. The fraction of sp³-hybridized carbons (Fsp3) is 0.667. The topological polar surface area (TPSA) is 55.6 Å². The van der Waals surface area contributed by atoms with Crippen molar-refractivity contribution in [2.45, 2.75) is 24.2 Å². The van der Waals surface area contributed by atoms with Crippen molar-refractivity contribution in [2.24, 2.45) is 0 Å². The summed E-state index contributed by atoms with van der Waals surface area (Å²) in [6.07, 6.45) is 1.37. The fourth-order valence-corrected chi connectivity index (χ4v) is 4.19. The van der Waals surface area contributed by atoms with Gasteiger partial charge in [0.1, 0.15) is 5.76 Å². The van der Waals surface area contributed by atoms with Crippen molar-refractivity contribution in [1.29, 1.82) is 0 Å². The molecule has 2 aliphatic heterocycles. The van der Waals surface area contributed by atoms with Crippen LogP contribution in [0.4, 0.5) is 0 Å². The van der Waals surface area contributed by atoms with Crippen LogP contribution in [0.25, 0.3) is 0 Å². The number of methoxy groups -OCH3 is 1. The van der Waals surface area contributed by atoms with E-state index in [0.29, 0.717) is 17.6 Å². The minimum absolute atomic E-state index is 0.0288. The Bertz CT molecular complexity index is 468. The lowest BCUT2D eigenvalue weighted by Crippen LogP contribution is -2.60. The Labute approximate surface area is 110 Å². The molecule has 0 bridgehead atoms. The van der Waals surface area contributed by atoms with E-state index in [9.17, 15) is 4.79 Å². The molecule has 0 aromatic carbocycles. The average molecular weight is 268 g/mol. The van der Waals surface area contributed by atoms with Crippen LogP contribution in [0.3, 0.4) is 0 Å². The van der Waals surface area contributed by atoms with Gasteiger partial charge in [-0.15, -0.1) is 11.8 Å². The van der Waals surface area contributed by atoms with E-state index in [1.165, 1.54) is 0 Å². The summed E-state index contributed by atoms with van der Waals surface area (Å²) in [5.74, 6) is 1.67. The highest BCUT2D eigenvalue weighted by Crippen LogP contribution is 2.46. The van der Waals surface area contributed by atoms with Crippen LogP contribution in [0.1, 0.15) is 22.7 Å². The van der Waals surface area contributed by atoms with Gasteiger partial charge in [-0.3, -0.25) is 4.79 Å². The summed E-state index contributed by atoms with van der Waals surface area (Å²) in [6, 6.07) is 1.69. The molecule has 1 aromatic rings. The molecular weight excluding hydrogens is 252 g/mol. The molecule has 1 spiro atoms. The standard InChI is InChI=1S/C12H16N2O3S/c1-8-3-10(13-17-8)11(15)14-6-12(7-14)4-9(16-2)5-18-12/h3,9H,4-7H2,1-2H3. The molecule has 2 fully saturated rings. The molecular formula is C12H16N2O3S. The Morgan fingerprint density at radius 3 is 3.00 bits per heavy atom. The van der Waals surface area contributed by atoms with Crippen LogP contribution >= 0.6 is 11.8 Å². The molecule has 0 N–H and O–H groups in total. The van der Waals surface area contributed by atoms with Crippen molar-refractivity contribution in [3.8, 4) is 0 Å². The Morgan fingerprint density at radius 1 is 1.67 bits per heavy atom. The van der Waals surface area contributed by atoms with Gasteiger partial charge in [0.15, 0.2) is 5.69 Å². The number of carbonyl (C=O) groups excluding carboxylic acids is 1. The Balaban J connectivity index is 1.61. The van der Waals surface area contributed by atoms with Crippen LogP contribution in [0, 0.1) is 6.92 Å². The fourth-order valence-electron chi connectivity index (χ4n) is 2.60. The van der Waals surface area contributed by atoms with E-state index in [2.05, 4.69) is 5.16 Å². The zero-order valence-corrected chi connectivity index (χ0v) is 11.3. The van der Waals surface area contributed by atoms with Gasteiger partial charge in [-0.05, 0) is 13.3 Å². The quantitative estimate of drug-likeness (QED) is 0.810. The van der Waals surface area contributed by atoms with Crippen LogP contribution < -0.4 is 0 Å². The second-order valence-corrected chi connectivity index (χ2v) is 6.53. The van der Waals surface area contributed by atoms with E-state index < -0.39 is 0 Å². The first-order valence-corrected chi connectivity index (χ1v) is 7.00. The number of likely N-dealkylation sites (tertiary alicyclic amines) is 1. The van der Waals surface area contributed by atoms with E-state index in [1.54, 1.807) is 20.1 Å². The van der Waals surface area contributed by atoms with Crippen molar-refractivity contribution < 1.29 is 14.1 Å². The first kappa shape index (κ1) is 12.0. The minimum atomic E-state index is -0.0288. The number of amides is 1. The van der Waals surface area contributed by atoms with Gasteiger partial charge in [0.05, 0.1) is 10.9 Å². The molecule has 3 heterocycles. The normalized spacial score (nSPS) is 25.4. The van der Waals surface area contributed by atoms with Gasteiger partial charge in [-0.2, -0.15) is 0 Å². The molecule has 2 saturated heterocycles. The van der Waals surface area contributed by atoms with E-state index in [1.807, 2.05) is 16.7 Å². The Hall–Kier alpha value is -1.01. The summed E-state index contributed by atoms with van der Waals surface area (Å²) < 4.78 is 10.5. The summed E-state index contributed by atoms with van der Waals surface area (Å²) in [5.41, 5.74) is 0.411. The van der Waals surface area contributed by atoms with Crippen molar-refractivity contribution in [3.05, 3.63) is 17.5 Å². The van der Waals surface area contributed by atoms with E-state index in [0.717, 1.165) is 25.3 Å². The lowest BCUT2D eigenvalue weighted by Gasteiger charge is -2.47. The van der Waals surface area contributed by atoms with Gasteiger partial charge in [-0.25, -0.2) is 0 Å². The van der Waals surface area contributed by atoms with Gasteiger partial charge < -0.3 is 14.2 Å². The lowest BCUT2D eigenvalue weighted by molar-refractivity contribution is 0.0443. The summed E-state index contributed by atoms with van der Waals surface area (Å²) in [5, 5.41) is 3.77. The van der Waals surface area contributed by atoms with Gasteiger partial charge in [0.2, 0.25) is 0 Å². The highest BCUT2D eigenvalue weighted by Gasteiger charge is 2.51. The highest BCUT2D eigenvalue weighted by atomic mass is 32.2. The number of nitrogens with zero attached hydrogens (tertiary/aromatic N) is 2. The first-order valence-electron chi connectivity index (χ1n) is 6.01. The molecule has 1 amide bonds. The molecule has 0 saturated carbocycles. The third kappa shape index (κ3) is 1.93. The Morgan fingerprint density at radius 2 is 2.44 bits per heavy atom. The maximum atomic E-state index is 12.1. The van der Waals surface area contributed by atoms with E-state index in [-0.39, 0.29) is 10.7 Å². The summed E-state index contributed by atoms with van der Waals surface area (Å²) in [4.78, 5) is 13.9. The highest BCUT2D eigenvalue weighted by molar-refractivity contribution is 8.01. The summed E-state index contributed by atoms with van der Waals surface area (Å²) >= 11 is 1.92. The molecule has 6 heteroatoms. The number of hydrogen-bond donors (Lipinski definition) is 0. The molecule has 3 rings (SSSR count). The van der Waals surface area contributed by atoms with Crippen LogP contribution in [-0.4, -0.2) is 52.8 Å². The predicted octanol–water partition coefficient (Wildman–Crippen LogP) is 1.33. The predicted molar refractivity (Wildman–Crippen MR) is 67.7 cm³/mol. The van der Waals surface area contributed by atoms with Crippen LogP contribution in [0.5, 0.6) is 0 Å². The smallest absolute Gasteiger partial charge is 0.276 e. The number of rotatable bonds is 2. The van der Waals surface area contributed by atoms with Gasteiger partial charge in [0.25, 0.3) is 5.91 Å². The number of hydrogen-bond acceptors (Lipinski definition) is 5. The van der Waals surface area contributed by atoms with Crippen LogP contribution in [0.2, 0.25) is 0 Å². The van der Waals surface area contributed by atoms with Gasteiger partial charge >= 0.3 is 0 Å². The summed E-state index contributed by atoms with van der Waals surface area (Å²) in [6.45, 7) is 3.38. The van der Waals surface area contributed by atoms with Crippen molar-refractivity contribution in [2.75, 3.05) is 26.0 Å². The van der Waals surface area contributed by atoms with Crippen molar-refractivity contribution >= 4 is 17.7 Å². The maximum absolute atomic E-state index is 12.1. The SMILES string of the molecule is COC1CSC2(C1)CN(C(=O)c1cc(C)on1)C2. The second-order valence-electron chi connectivity index (χ2n) is 5.04. The van der Waals surface area contributed by atoms with Crippen LogP contribution in [-0.2, 0) is 4.74 Å². The molecule has 1 aromatic heterocycles. The molecule has 18 heavy (non-hydrogen) atoms. The maximum Gasteiger partial charge on any atom is 0.276 e. The van der Waals surface area contributed by atoms with Gasteiger partial charge in [0, 0.05) is 32.0 Å². The zero-order chi connectivity index (χ0) is 12.8. The molecule has 0 radical (unpaired) electrons. The van der Waals surface area contributed by atoms with E-state index >= 15 is 0 Å². The minimum Gasteiger partial charge on any atom is -0.381 e. The number of carbonyl (C=O) groups is 1. The molecule has 98 valence electrons. The molecule has 2 aliphatic rings. The molecule has 1 unspecified atom stereocenters. The molecule has 0 aliphatic carbocycles. The largest absolute Gasteiger partial charge is 0.381 e. The zero-order valence-electron chi connectivity index (χ0n) is 10.5. The summed E-state index contributed by atoms with van der Waals surface area (Å²) in [7, 11) is 1.75. The third-order valence-corrected chi connectivity index (χ3v) is 5.18. The van der Waals surface area contributed by atoms with Crippen molar-refractivity contribution in [1.82, 2.24) is 10.1 Å². The third-order valence-electron chi connectivity index (χ3n) is 3.60. The lowest BCUT2D eigenvalue weighted by atomic mass is 9.92. The molecule has 1 atom stereocenters.